The molecule has 0 aromatic rings. The van der Waals surface area contributed by atoms with Gasteiger partial charge in [-0.1, -0.05) is 6.42 Å². The first kappa shape index (κ1) is 12.3. The molecule has 0 spiro atoms. The zero-order valence-corrected chi connectivity index (χ0v) is 10.6. The SMILES string of the molecule is CC1CCCCN1CCOC1CCNCC1. The molecule has 2 aliphatic heterocycles. The van der Waals surface area contributed by atoms with Gasteiger partial charge >= 0.3 is 0 Å². The fraction of sp³-hybridized carbons (Fsp3) is 1.00. The molecule has 1 atom stereocenters. The molecule has 3 nitrogen and oxygen atoms in total. The normalized spacial score (nSPS) is 29.4. The Balaban J connectivity index is 1.59. The summed E-state index contributed by atoms with van der Waals surface area (Å²) in [6, 6.07) is 0.769. The van der Waals surface area contributed by atoms with Gasteiger partial charge < -0.3 is 10.1 Å². The molecule has 0 bridgehead atoms. The van der Waals surface area contributed by atoms with Crippen LogP contribution in [0.15, 0.2) is 0 Å². The summed E-state index contributed by atoms with van der Waals surface area (Å²) in [4.78, 5) is 2.59. The summed E-state index contributed by atoms with van der Waals surface area (Å²) >= 11 is 0. The number of likely N-dealkylation sites (tertiary alicyclic amines) is 1. The molecule has 2 saturated heterocycles. The highest BCUT2D eigenvalue weighted by atomic mass is 16.5. The van der Waals surface area contributed by atoms with Gasteiger partial charge in [0.15, 0.2) is 0 Å². The summed E-state index contributed by atoms with van der Waals surface area (Å²) < 4.78 is 5.95. The fourth-order valence-electron chi connectivity index (χ4n) is 2.79. The second-order valence-corrected chi connectivity index (χ2v) is 5.20. The van der Waals surface area contributed by atoms with E-state index in [2.05, 4.69) is 17.1 Å². The first-order valence-corrected chi connectivity index (χ1v) is 6.92. The van der Waals surface area contributed by atoms with Crippen molar-refractivity contribution >= 4 is 0 Å². The van der Waals surface area contributed by atoms with Crippen LogP contribution in [0.25, 0.3) is 0 Å². The monoisotopic (exact) mass is 226 g/mol. The Labute approximate surface area is 99.5 Å². The maximum atomic E-state index is 5.95. The number of hydrogen-bond donors (Lipinski definition) is 1. The van der Waals surface area contributed by atoms with Crippen molar-refractivity contribution in [1.29, 1.82) is 0 Å². The van der Waals surface area contributed by atoms with E-state index in [4.69, 9.17) is 4.74 Å². The van der Waals surface area contributed by atoms with Gasteiger partial charge in [0.25, 0.3) is 0 Å². The van der Waals surface area contributed by atoms with Gasteiger partial charge in [-0.25, -0.2) is 0 Å². The highest BCUT2D eigenvalue weighted by Gasteiger charge is 2.18. The number of ether oxygens (including phenoxy) is 1. The second-order valence-electron chi connectivity index (χ2n) is 5.20. The Morgan fingerprint density at radius 1 is 1.19 bits per heavy atom. The Morgan fingerprint density at radius 2 is 2.00 bits per heavy atom. The number of rotatable bonds is 4. The van der Waals surface area contributed by atoms with Crippen LogP contribution in [0.1, 0.15) is 39.0 Å². The number of nitrogens with zero attached hydrogens (tertiary/aromatic N) is 1. The average molecular weight is 226 g/mol. The van der Waals surface area contributed by atoms with E-state index in [1.165, 1.54) is 38.6 Å². The molecule has 0 aromatic carbocycles. The molecular weight excluding hydrogens is 200 g/mol. The largest absolute Gasteiger partial charge is 0.377 e. The lowest BCUT2D eigenvalue weighted by molar-refractivity contribution is 0.0107. The Bertz CT molecular complexity index is 192. The Kier molecular flexibility index (Phi) is 5.07. The first-order valence-electron chi connectivity index (χ1n) is 6.92. The van der Waals surface area contributed by atoms with Gasteiger partial charge in [0.1, 0.15) is 0 Å². The molecule has 0 saturated carbocycles. The van der Waals surface area contributed by atoms with E-state index in [-0.39, 0.29) is 0 Å². The minimum atomic E-state index is 0.515. The van der Waals surface area contributed by atoms with Crippen molar-refractivity contribution in [1.82, 2.24) is 10.2 Å². The van der Waals surface area contributed by atoms with Crippen LogP contribution >= 0.6 is 0 Å². The quantitative estimate of drug-likeness (QED) is 0.788. The van der Waals surface area contributed by atoms with Gasteiger partial charge in [-0.15, -0.1) is 0 Å². The Hall–Kier alpha value is -0.120. The molecule has 0 aliphatic carbocycles. The molecule has 2 heterocycles. The molecule has 94 valence electrons. The van der Waals surface area contributed by atoms with Crippen molar-refractivity contribution in [3.63, 3.8) is 0 Å². The topological polar surface area (TPSA) is 24.5 Å². The highest BCUT2D eigenvalue weighted by Crippen LogP contribution is 2.16. The molecule has 1 N–H and O–H groups in total. The summed E-state index contributed by atoms with van der Waals surface area (Å²) in [5.74, 6) is 0. The van der Waals surface area contributed by atoms with E-state index in [9.17, 15) is 0 Å². The number of hydrogen-bond acceptors (Lipinski definition) is 3. The molecule has 1 unspecified atom stereocenters. The second kappa shape index (κ2) is 6.58. The molecule has 2 aliphatic rings. The molecule has 16 heavy (non-hydrogen) atoms. The molecular formula is C13H26N2O. The van der Waals surface area contributed by atoms with Gasteiger partial charge in [0, 0.05) is 12.6 Å². The van der Waals surface area contributed by atoms with Crippen LogP contribution in [-0.2, 0) is 4.74 Å². The van der Waals surface area contributed by atoms with E-state index in [0.29, 0.717) is 6.10 Å². The summed E-state index contributed by atoms with van der Waals surface area (Å²) in [6.07, 6.45) is 7.05. The van der Waals surface area contributed by atoms with Gasteiger partial charge in [-0.2, -0.15) is 0 Å². The van der Waals surface area contributed by atoms with Gasteiger partial charge in [0.05, 0.1) is 12.7 Å². The third-order valence-electron chi connectivity index (χ3n) is 3.96. The first-order chi connectivity index (χ1) is 7.86. The number of piperidine rings is 2. The van der Waals surface area contributed by atoms with Gasteiger partial charge in [-0.3, -0.25) is 4.90 Å². The molecule has 2 fully saturated rings. The van der Waals surface area contributed by atoms with Crippen molar-refractivity contribution in [3.8, 4) is 0 Å². The summed E-state index contributed by atoms with van der Waals surface area (Å²) in [6.45, 7) is 7.94. The minimum Gasteiger partial charge on any atom is -0.377 e. The predicted octanol–water partition coefficient (Wildman–Crippen LogP) is 1.63. The van der Waals surface area contributed by atoms with Crippen LogP contribution in [-0.4, -0.2) is 49.8 Å². The lowest BCUT2D eigenvalue weighted by Gasteiger charge is -2.33. The van der Waals surface area contributed by atoms with Crippen molar-refractivity contribution < 1.29 is 4.74 Å². The molecule has 0 aromatic heterocycles. The number of nitrogens with one attached hydrogen (secondary N) is 1. The van der Waals surface area contributed by atoms with Crippen molar-refractivity contribution in [2.45, 2.75) is 51.2 Å². The van der Waals surface area contributed by atoms with E-state index >= 15 is 0 Å². The van der Waals surface area contributed by atoms with Gasteiger partial charge in [-0.05, 0) is 52.2 Å². The van der Waals surface area contributed by atoms with Crippen LogP contribution < -0.4 is 5.32 Å². The smallest absolute Gasteiger partial charge is 0.0600 e. The third-order valence-corrected chi connectivity index (χ3v) is 3.96. The average Bonchev–Trinajstić information content (AvgIpc) is 2.33. The zero-order chi connectivity index (χ0) is 11.2. The van der Waals surface area contributed by atoms with E-state index in [1.54, 1.807) is 0 Å². The van der Waals surface area contributed by atoms with Crippen LogP contribution in [0.3, 0.4) is 0 Å². The fourth-order valence-corrected chi connectivity index (χ4v) is 2.79. The molecule has 0 radical (unpaired) electrons. The van der Waals surface area contributed by atoms with E-state index in [1.807, 2.05) is 0 Å². The van der Waals surface area contributed by atoms with Crippen LogP contribution in [0.4, 0.5) is 0 Å². The van der Waals surface area contributed by atoms with Crippen molar-refractivity contribution in [2.75, 3.05) is 32.8 Å². The standard InChI is InChI=1S/C13H26N2O/c1-12-4-2-3-9-15(12)10-11-16-13-5-7-14-8-6-13/h12-14H,2-11H2,1H3. The Morgan fingerprint density at radius 3 is 2.75 bits per heavy atom. The van der Waals surface area contributed by atoms with Crippen LogP contribution in [0.2, 0.25) is 0 Å². The maximum Gasteiger partial charge on any atom is 0.0600 e. The third kappa shape index (κ3) is 3.72. The predicted molar refractivity (Wildman–Crippen MR) is 66.7 cm³/mol. The van der Waals surface area contributed by atoms with Crippen LogP contribution in [0, 0.1) is 0 Å². The van der Waals surface area contributed by atoms with Gasteiger partial charge in [0.2, 0.25) is 0 Å². The zero-order valence-electron chi connectivity index (χ0n) is 10.6. The highest BCUT2D eigenvalue weighted by molar-refractivity contribution is 4.73. The lowest BCUT2D eigenvalue weighted by atomic mass is 10.0. The summed E-state index contributed by atoms with van der Waals surface area (Å²) in [5.41, 5.74) is 0. The minimum absolute atomic E-state index is 0.515. The summed E-state index contributed by atoms with van der Waals surface area (Å²) in [5, 5.41) is 3.37. The molecule has 2 rings (SSSR count). The maximum absolute atomic E-state index is 5.95. The molecule has 0 amide bonds. The van der Waals surface area contributed by atoms with Crippen molar-refractivity contribution in [3.05, 3.63) is 0 Å². The molecule has 3 heteroatoms. The lowest BCUT2D eigenvalue weighted by Crippen LogP contribution is -2.40. The van der Waals surface area contributed by atoms with Crippen molar-refractivity contribution in [2.24, 2.45) is 0 Å². The van der Waals surface area contributed by atoms with Crippen LogP contribution in [0.5, 0.6) is 0 Å². The summed E-state index contributed by atoms with van der Waals surface area (Å²) in [7, 11) is 0. The van der Waals surface area contributed by atoms with E-state index < -0.39 is 0 Å². The van der Waals surface area contributed by atoms with E-state index in [0.717, 1.165) is 32.3 Å².